The quantitative estimate of drug-likeness (QED) is 0.208. The second-order valence-electron chi connectivity index (χ2n) is 13.9. The summed E-state index contributed by atoms with van der Waals surface area (Å²) < 4.78 is 0. The maximum absolute atomic E-state index is 2.51. The SMILES string of the molecule is CC(C)(C)c1cc2c(cc1-c1ccc3ccccc3c1)Cc1cc(-c3ccc4ccccc4c3)c(C(C)(C)C)cc1-2. The van der Waals surface area contributed by atoms with Gasteiger partial charge in [0.1, 0.15) is 0 Å². The van der Waals surface area contributed by atoms with E-state index in [1.165, 1.54) is 77.2 Å². The highest BCUT2D eigenvalue weighted by atomic mass is 14.3. The minimum Gasteiger partial charge on any atom is -0.0616 e. The van der Waals surface area contributed by atoms with Crippen LogP contribution in [0.25, 0.3) is 54.9 Å². The Labute approximate surface area is 244 Å². The van der Waals surface area contributed by atoms with Gasteiger partial charge in [-0.25, -0.2) is 0 Å². The molecule has 0 heterocycles. The molecule has 202 valence electrons. The van der Waals surface area contributed by atoms with Gasteiger partial charge in [0.2, 0.25) is 0 Å². The molecule has 0 fully saturated rings. The lowest BCUT2D eigenvalue weighted by molar-refractivity contribution is 0.591. The molecule has 0 radical (unpaired) electrons. The Morgan fingerprint density at radius 3 is 1.17 bits per heavy atom. The highest BCUT2D eigenvalue weighted by molar-refractivity contribution is 5.92. The Balaban J connectivity index is 1.41. The van der Waals surface area contributed by atoms with Gasteiger partial charge in [0, 0.05) is 0 Å². The highest BCUT2D eigenvalue weighted by Gasteiger charge is 2.29. The van der Waals surface area contributed by atoms with Gasteiger partial charge in [-0.3, -0.25) is 0 Å². The van der Waals surface area contributed by atoms with Crippen molar-refractivity contribution in [3.63, 3.8) is 0 Å². The van der Waals surface area contributed by atoms with Crippen molar-refractivity contribution in [1.82, 2.24) is 0 Å². The minimum atomic E-state index is 0.0245. The lowest BCUT2D eigenvalue weighted by Gasteiger charge is -2.26. The molecular weight excluding hydrogens is 492 g/mol. The molecule has 0 bridgehead atoms. The molecule has 6 aromatic carbocycles. The smallest absolute Gasteiger partial charge is 0.00130 e. The summed E-state index contributed by atoms with van der Waals surface area (Å²) in [5, 5.41) is 5.17. The van der Waals surface area contributed by atoms with E-state index in [9.17, 15) is 0 Å². The van der Waals surface area contributed by atoms with Crippen LogP contribution in [0.4, 0.5) is 0 Å². The third-order valence-electron chi connectivity index (χ3n) is 8.89. The average molecular weight is 531 g/mol. The average Bonchev–Trinajstić information content (AvgIpc) is 3.31. The second kappa shape index (κ2) is 9.18. The zero-order chi connectivity index (χ0) is 28.5. The summed E-state index contributed by atoms with van der Waals surface area (Å²) in [4.78, 5) is 0. The first kappa shape index (κ1) is 25.8. The molecule has 0 saturated heterocycles. The van der Waals surface area contributed by atoms with Crippen molar-refractivity contribution in [1.29, 1.82) is 0 Å². The van der Waals surface area contributed by atoms with Crippen LogP contribution in [0.1, 0.15) is 63.8 Å². The van der Waals surface area contributed by atoms with E-state index in [2.05, 4.69) is 151 Å². The first-order valence-electron chi connectivity index (χ1n) is 14.9. The monoisotopic (exact) mass is 530 g/mol. The van der Waals surface area contributed by atoms with Crippen LogP contribution in [0.3, 0.4) is 0 Å². The summed E-state index contributed by atoms with van der Waals surface area (Å²) in [7, 11) is 0. The van der Waals surface area contributed by atoms with Crippen molar-refractivity contribution < 1.29 is 0 Å². The Morgan fingerprint density at radius 1 is 0.390 bits per heavy atom. The van der Waals surface area contributed by atoms with Crippen LogP contribution < -0.4 is 0 Å². The fraction of sp³-hybridized carbons (Fsp3) is 0.220. The van der Waals surface area contributed by atoms with Gasteiger partial charge in [-0.2, -0.15) is 0 Å². The first-order chi connectivity index (χ1) is 19.6. The Hall–Kier alpha value is -4.16. The summed E-state index contributed by atoms with van der Waals surface area (Å²) >= 11 is 0. The lowest BCUT2D eigenvalue weighted by atomic mass is 9.78. The van der Waals surface area contributed by atoms with E-state index in [1.807, 2.05) is 0 Å². The van der Waals surface area contributed by atoms with Crippen LogP contribution >= 0.6 is 0 Å². The van der Waals surface area contributed by atoms with Crippen molar-refractivity contribution in [3.8, 4) is 33.4 Å². The highest BCUT2D eigenvalue weighted by Crippen LogP contribution is 2.47. The molecule has 1 aliphatic rings. The van der Waals surface area contributed by atoms with Gasteiger partial charge in [0.05, 0.1) is 0 Å². The van der Waals surface area contributed by atoms with Gasteiger partial charge >= 0.3 is 0 Å². The zero-order valence-corrected chi connectivity index (χ0v) is 25.1. The van der Waals surface area contributed by atoms with Crippen molar-refractivity contribution in [2.24, 2.45) is 0 Å². The maximum Gasteiger partial charge on any atom is -0.00130 e. The molecule has 0 saturated carbocycles. The van der Waals surface area contributed by atoms with E-state index in [1.54, 1.807) is 0 Å². The molecule has 0 amide bonds. The van der Waals surface area contributed by atoms with Crippen molar-refractivity contribution in [2.45, 2.75) is 58.8 Å². The molecule has 0 unspecified atom stereocenters. The predicted octanol–water partition coefficient (Wildman–Crippen LogP) is 11.5. The molecule has 0 aromatic heterocycles. The lowest BCUT2D eigenvalue weighted by Crippen LogP contribution is -2.14. The molecule has 0 heteroatoms. The predicted molar refractivity (Wildman–Crippen MR) is 178 cm³/mol. The standard InChI is InChI=1S/C41H38/c1-40(2,3)38-24-34-32(22-36(38)30-17-15-26-11-7-9-13-28(26)19-30)21-33-23-37(39(25-35(33)34)41(4,5)6)31-18-16-27-12-8-10-14-29(27)20-31/h7-20,22-25H,21H2,1-6H3. The van der Waals surface area contributed by atoms with E-state index < -0.39 is 0 Å². The van der Waals surface area contributed by atoms with Crippen LogP contribution in [0, 0.1) is 0 Å². The van der Waals surface area contributed by atoms with E-state index in [0.717, 1.165) is 6.42 Å². The van der Waals surface area contributed by atoms with Crippen molar-refractivity contribution in [2.75, 3.05) is 0 Å². The molecule has 0 atom stereocenters. The van der Waals surface area contributed by atoms with Gasteiger partial charge in [0.25, 0.3) is 0 Å². The Morgan fingerprint density at radius 2 is 0.780 bits per heavy atom. The zero-order valence-electron chi connectivity index (χ0n) is 25.1. The molecule has 0 spiro atoms. The van der Waals surface area contributed by atoms with Crippen LogP contribution in [-0.4, -0.2) is 0 Å². The third-order valence-corrected chi connectivity index (χ3v) is 8.89. The normalized spacial score (nSPS) is 13.0. The molecule has 7 rings (SSSR count). The Bertz CT molecular complexity index is 1830. The van der Waals surface area contributed by atoms with E-state index in [0.29, 0.717) is 0 Å². The van der Waals surface area contributed by atoms with E-state index >= 15 is 0 Å². The number of hydrogen-bond acceptors (Lipinski definition) is 0. The summed E-state index contributed by atoms with van der Waals surface area (Å²) in [6.07, 6.45) is 0.973. The van der Waals surface area contributed by atoms with E-state index in [-0.39, 0.29) is 10.8 Å². The van der Waals surface area contributed by atoms with Crippen LogP contribution in [-0.2, 0) is 17.3 Å². The van der Waals surface area contributed by atoms with Crippen molar-refractivity contribution >= 4 is 21.5 Å². The van der Waals surface area contributed by atoms with Crippen LogP contribution in [0.5, 0.6) is 0 Å². The summed E-state index contributed by atoms with van der Waals surface area (Å²) in [5.74, 6) is 0. The van der Waals surface area contributed by atoms with Gasteiger partial charge in [-0.1, -0.05) is 114 Å². The first-order valence-corrected chi connectivity index (χ1v) is 14.9. The summed E-state index contributed by atoms with van der Waals surface area (Å²) in [5.41, 5.74) is 13.9. The molecule has 0 nitrogen and oxygen atoms in total. The fourth-order valence-corrected chi connectivity index (χ4v) is 6.72. The Kier molecular flexibility index (Phi) is 5.77. The minimum absolute atomic E-state index is 0.0245. The topological polar surface area (TPSA) is 0 Å². The van der Waals surface area contributed by atoms with Crippen molar-refractivity contribution in [3.05, 3.63) is 131 Å². The molecule has 1 aliphatic carbocycles. The number of fused-ring (bicyclic) bond motifs is 5. The van der Waals surface area contributed by atoms with Crippen LogP contribution in [0.15, 0.2) is 109 Å². The molecule has 0 aliphatic heterocycles. The largest absolute Gasteiger partial charge is 0.0616 e. The third kappa shape index (κ3) is 4.47. The summed E-state index contributed by atoms with van der Waals surface area (Å²) in [6.45, 7) is 14.1. The van der Waals surface area contributed by atoms with Crippen LogP contribution in [0.2, 0.25) is 0 Å². The number of benzene rings is 6. The maximum atomic E-state index is 2.51. The number of rotatable bonds is 2. The van der Waals surface area contributed by atoms with Gasteiger partial charge in [-0.05, 0) is 131 Å². The van der Waals surface area contributed by atoms with Gasteiger partial charge in [-0.15, -0.1) is 0 Å². The van der Waals surface area contributed by atoms with Gasteiger partial charge < -0.3 is 0 Å². The molecular formula is C41H38. The molecule has 41 heavy (non-hydrogen) atoms. The molecule has 0 N–H and O–H groups in total. The number of hydrogen-bond donors (Lipinski definition) is 0. The van der Waals surface area contributed by atoms with Gasteiger partial charge in [0.15, 0.2) is 0 Å². The van der Waals surface area contributed by atoms with E-state index in [4.69, 9.17) is 0 Å². The fourth-order valence-electron chi connectivity index (χ4n) is 6.72. The summed E-state index contributed by atoms with van der Waals surface area (Å²) in [6, 6.07) is 41.2. The second-order valence-corrected chi connectivity index (χ2v) is 13.9. The molecule has 6 aromatic rings.